The predicted octanol–water partition coefficient (Wildman–Crippen LogP) is 6.14. The molecule has 0 fully saturated rings. The molecule has 34 heavy (non-hydrogen) atoms. The normalized spacial score (nSPS) is 19.6. The highest BCUT2D eigenvalue weighted by molar-refractivity contribution is 7.90. The number of aliphatic hydroxyl groups excluding tert-OH is 1. The van der Waals surface area contributed by atoms with E-state index < -0.39 is 20.9 Å². The van der Waals surface area contributed by atoms with Gasteiger partial charge in [0.1, 0.15) is 10.9 Å². The first kappa shape index (κ1) is 24.5. The third-order valence-corrected chi connectivity index (χ3v) is 8.21. The first-order chi connectivity index (χ1) is 16.2. The van der Waals surface area contributed by atoms with Crippen LogP contribution < -0.4 is 0 Å². The average molecular weight is 498 g/mol. The summed E-state index contributed by atoms with van der Waals surface area (Å²) >= 11 is 6.14. The van der Waals surface area contributed by atoms with Crippen LogP contribution in [0, 0.1) is 0 Å². The fourth-order valence-corrected chi connectivity index (χ4v) is 6.54. The molecule has 0 saturated carbocycles. The van der Waals surface area contributed by atoms with Gasteiger partial charge < -0.3 is 9.84 Å². The Morgan fingerprint density at radius 2 is 1.68 bits per heavy atom. The van der Waals surface area contributed by atoms with Gasteiger partial charge >= 0.3 is 0 Å². The van der Waals surface area contributed by atoms with Crippen LogP contribution in [0.4, 0.5) is 0 Å². The first-order valence-corrected chi connectivity index (χ1v) is 13.1. The smallest absolute Gasteiger partial charge is 0.267 e. The summed E-state index contributed by atoms with van der Waals surface area (Å²) in [6.07, 6.45) is 0.691. The lowest BCUT2D eigenvalue weighted by Crippen LogP contribution is -2.43. The summed E-state index contributed by atoms with van der Waals surface area (Å²) in [7, 11) is -3.89. The van der Waals surface area contributed by atoms with Crippen molar-refractivity contribution in [3.8, 4) is 11.1 Å². The van der Waals surface area contributed by atoms with Crippen molar-refractivity contribution in [3.05, 3.63) is 95.0 Å². The Kier molecular flexibility index (Phi) is 7.12. The highest BCUT2D eigenvalue weighted by Gasteiger charge is 2.47. The number of benzene rings is 3. The Labute approximate surface area is 206 Å². The predicted molar refractivity (Wildman–Crippen MR) is 137 cm³/mol. The molecule has 0 aromatic heterocycles. The molecule has 1 unspecified atom stereocenters. The Morgan fingerprint density at radius 3 is 2.29 bits per heavy atom. The monoisotopic (exact) mass is 497 g/mol. The number of aliphatic hydroxyl groups is 1. The molecule has 0 bridgehead atoms. The van der Waals surface area contributed by atoms with Gasteiger partial charge in [0.2, 0.25) is 5.90 Å². The minimum absolute atomic E-state index is 0.0447. The van der Waals surface area contributed by atoms with Crippen LogP contribution in [0.1, 0.15) is 49.0 Å². The molecule has 1 heterocycles. The van der Waals surface area contributed by atoms with Crippen LogP contribution in [0.15, 0.2) is 83.3 Å². The second-order valence-corrected chi connectivity index (χ2v) is 11.2. The van der Waals surface area contributed by atoms with Crippen molar-refractivity contribution in [3.63, 3.8) is 0 Å². The van der Waals surface area contributed by atoms with Crippen LogP contribution in [0.5, 0.6) is 0 Å². The van der Waals surface area contributed by atoms with Gasteiger partial charge in [-0.25, -0.2) is 8.42 Å². The van der Waals surface area contributed by atoms with E-state index in [-0.39, 0.29) is 24.8 Å². The van der Waals surface area contributed by atoms with E-state index in [0.717, 1.165) is 16.7 Å². The Hall–Kier alpha value is -2.67. The van der Waals surface area contributed by atoms with Crippen molar-refractivity contribution in [1.82, 2.24) is 0 Å². The number of ether oxygens (including phenoxy) is 1. The van der Waals surface area contributed by atoms with E-state index in [1.807, 2.05) is 72.8 Å². The molecule has 178 valence electrons. The standard InChI is InChI=1S/C27H28ClNO4S/c1-27(2)26(21-13-11-20(12-14-21)19-7-4-3-5-8-19)34(31,32)29-25(33-27)18-23(15-16-30)22-9-6-10-24(28)17-22/h3-14,17,23,26,30H,15-16,18H2,1-2H3/t23-,26?/m1/s1. The highest BCUT2D eigenvalue weighted by atomic mass is 35.5. The van der Waals surface area contributed by atoms with Crippen LogP contribution >= 0.6 is 11.6 Å². The van der Waals surface area contributed by atoms with E-state index in [0.29, 0.717) is 17.0 Å². The molecule has 3 aromatic carbocycles. The Balaban J connectivity index is 1.62. The molecule has 0 radical (unpaired) electrons. The third-order valence-electron chi connectivity index (χ3n) is 6.08. The quantitative estimate of drug-likeness (QED) is 0.425. The fraction of sp³-hybridized carbons (Fsp3) is 0.296. The van der Waals surface area contributed by atoms with Crippen LogP contribution in [-0.2, 0) is 14.8 Å². The maximum Gasteiger partial charge on any atom is 0.267 e. The summed E-state index contributed by atoms with van der Waals surface area (Å²) in [5, 5.41) is 9.21. The zero-order valence-electron chi connectivity index (χ0n) is 19.2. The van der Waals surface area contributed by atoms with E-state index >= 15 is 0 Å². The maximum atomic E-state index is 13.4. The summed E-state index contributed by atoms with van der Waals surface area (Å²) in [4.78, 5) is 0. The number of nitrogens with zero attached hydrogens (tertiary/aromatic N) is 1. The molecule has 0 amide bonds. The molecule has 5 nitrogen and oxygen atoms in total. The molecule has 0 saturated heterocycles. The number of halogens is 1. The fourth-order valence-electron chi connectivity index (χ4n) is 4.58. The molecule has 3 aromatic rings. The van der Waals surface area contributed by atoms with Crippen LogP contribution in [0.25, 0.3) is 11.1 Å². The number of hydrogen-bond acceptors (Lipinski definition) is 4. The lowest BCUT2D eigenvalue weighted by atomic mass is 9.92. The lowest BCUT2D eigenvalue weighted by molar-refractivity contribution is 0.0798. The van der Waals surface area contributed by atoms with E-state index in [9.17, 15) is 13.5 Å². The topological polar surface area (TPSA) is 76.0 Å². The minimum Gasteiger partial charge on any atom is -0.472 e. The zero-order valence-corrected chi connectivity index (χ0v) is 20.8. The van der Waals surface area contributed by atoms with E-state index in [1.165, 1.54) is 0 Å². The number of sulfonamides is 1. The summed E-state index contributed by atoms with van der Waals surface area (Å²) in [5.74, 6) is -0.0178. The van der Waals surface area contributed by atoms with Gasteiger partial charge in [0.15, 0.2) is 0 Å². The molecule has 1 aliphatic heterocycles. The van der Waals surface area contributed by atoms with Crippen molar-refractivity contribution in [2.75, 3.05) is 6.61 Å². The lowest BCUT2D eigenvalue weighted by Gasteiger charge is -2.38. The second kappa shape index (κ2) is 9.90. The van der Waals surface area contributed by atoms with Crippen molar-refractivity contribution in [2.24, 2.45) is 4.40 Å². The Morgan fingerprint density at radius 1 is 1.00 bits per heavy atom. The second-order valence-electron chi connectivity index (χ2n) is 9.04. The minimum atomic E-state index is -3.89. The van der Waals surface area contributed by atoms with E-state index in [4.69, 9.17) is 16.3 Å². The molecular formula is C27H28ClNO4S. The zero-order chi connectivity index (χ0) is 24.3. The maximum absolute atomic E-state index is 13.4. The summed E-state index contributed by atoms with van der Waals surface area (Å²) in [5.41, 5.74) is 2.58. The molecular weight excluding hydrogens is 470 g/mol. The van der Waals surface area contributed by atoms with Crippen molar-refractivity contribution in [1.29, 1.82) is 0 Å². The molecule has 0 aliphatic carbocycles. The van der Waals surface area contributed by atoms with Crippen molar-refractivity contribution >= 4 is 27.5 Å². The summed E-state index contributed by atoms with van der Waals surface area (Å²) < 4.78 is 37.0. The van der Waals surface area contributed by atoms with Gasteiger partial charge in [0, 0.05) is 18.1 Å². The van der Waals surface area contributed by atoms with Gasteiger partial charge in [-0.2, -0.15) is 0 Å². The van der Waals surface area contributed by atoms with Gasteiger partial charge in [-0.05, 0) is 60.6 Å². The van der Waals surface area contributed by atoms with Gasteiger partial charge in [0.25, 0.3) is 10.0 Å². The molecule has 0 spiro atoms. The Bertz CT molecular complexity index is 1270. The van der Waals surface area contributed by atoms with Gasteiger partial charge in [-0.15, -0.1) is 4.40 Å². The van der Waals surface area contributed by atoms with Crippen LogP contribution in [0.3, 0.4) is 0 Å². The van der Waals surface area contributed by atoms with Crippen molar-refractivity contribution < 1.29 is 18.3 Å². The first-order valence-electron chi connectivity index (χ1n) is 11.2. The SMILES string of the molecule is CC1(C)OC(C[C@@H](CCO)c2cccc(Cl)c2)=NS(=O)(=O)C1c1ccc(-c2ccccc2)cc1. The van der Waals surface area contributed by atoms with Gasteiger partial charge in [-0.3, -0.25) is 0 Å². The van der Waals surface area contributed by atoms with Crippen molar-refractivity contribution in [2.45, 2.75) is 43.5 Å². The van der Waals surface area contributed by atoms with Gasteiger partial charge in [-0.1, -0.05) is 78.3 Å². The average Bonchev–Trinajstić information content (AvgIpc) is 2.78. The molecule has 1 N–H and O–H groups in total. The van der Waals surface area contributed by atoms with E-state index in [1.54, 1.807) is 19.9 Å². The van der Waals surface area contributed by atoms with E-state index in [2.05, 4.69) is 4.40 Å². The largest absolute Gasteiger partial charge is 0.472 e. The number of hydrogen-bond donors (Lipinski definition) is 1. The summed E-state index contributed by atoms with van der Waals surface area (Å²) in [6, 6.07) is 24.8. The molecule has 1 aliphatic rings. The molecule has 2 atom stereocenters. The van der Waals surface area contributed by atoms with Gasteiger partial charge in [0.05, 0.1) is 0 Å². The molecule has 7 heteroatoms. The third kappa shape index (κ3) is 5.35. The highest BCUT2D eigenvalue weighted by Crippen LogP contribution is 2.42. The molecule has 4 rings (SSSR count). The van der Waals surface area contributed by atoms with Crippen LogP contribution in [-0.4, -0.2) is 31.6 Å². The summed E-state index contributed by atoms with van der Waals surface area (Å²) in [6.45, 7) is 3.50. The van der Waals surface area contributed by atoms with Crippen LogP contribution in [0.2, 0.25) is 5.02 Å². The number of rotatable bonds is 7.